The maximum absolute atomic E-state index is 11.6. The van der Waals surface area contributed by atoms with Crippen LogP contribution in [-0.4, -0.2) is 33.7 Å². The van der Waals surface area contributed by atoms with Gasteiger partial charge in [-0.2, -0.15) is 0 Å². The lowest BCUT2D eigenvalue weighted by Gasteiger charge is -2.05. The Kier molecular flexibility index (Phi) is 6.75. The molecule has 0 atom stereocenters. The van der Waals surface area contributed by atoms with Gasteiger partial charge in [-0.15, -0.1) is 10.2 Å². The molecule has 0 bridgehead atoms. The van der Waals surface area contributed by atoms with Gasteiger partial charge in [0.05, 0.1) is 6.61 Å². The minimum absolute atomic E-state index is 0.289. The number of nitrogens with zero attached hydrogens (tertiary/aromatic N) is 3. The van der Waals surface area contributed by atoms with Crippen LogP contribution in [0.25, 0.3) is 17.7 Å². The van der Waals surface area contributed by atoms with Crippen molar-refractivity contribution >= 4 is 29.7 Å². The van der Waals surface area contributed by atoms with E-state index in [0.29, 0.717) is 33.7 Å². The Hall–Kier alpha value is -3.46. The van der Waals surface area contributed by atoms with Gasteiger partial charge in [0.25, 0.3) is 11.1 Å². The maximum Gasteiger partial charge on any atom is 0.330 e. The zero-order chi connectivity index (χ0) is 20.6. The molecule has 2 N–H and O–H groups in total. The summed E-state index contributed by atoms with van der Waals surface area (Å²) in [5.74, 6) is -0.221. The number of esters is 1. The lowest BCUT2D eigenvalue weighted by molar-refractivity contribution is -0.137. The van der Waals surface area contributed by atoms with E-state index in [0.717, 1.165) is 5.56 Å². The third kappa shape index (κ3) is 5.76. The normalized spacial score (nSPS) is 10.9. The smallest absolute Gasteiger partial charge is 0.330 e. The molecule has 0 radical (unpaired) electrons. The first-order valence-electron chi connectivity index (χ1n) is 8.71. The van der Waals surface area contributed by atoms with Gasteiger partial charge in [0.2, 0.25) is 5.91 Å². The van der Waals surface area contributed by atoms with Crippen molar-refractivity contribution in [2.45, 2.75) is 17.9 Å². The van der Waals surface area contributed by atoms with Gasteiger partial charge in [-0.25, -0.2) is 4.79 Å². The van der Waals surface area contributed by atoms with Crippen LogP contribution in [-0.2, 0) is 15.3 Å². The quantitative estimate of drug-likeness (QED) is 0.342. The summed E-state index contributed by atoms with van der Waals surface area (Å²) in [6, 6.07) is 10.5. The van der Waals surface area contributed by atoms with E-state index in [1.807, 2.05) is 12.1 Å². The van der Waals surface area contributed by atoms with Gasteiger partial charge in [-0.3, -0.25) is 9.78 Å². The van der Waals surface area contributed by atoms with Crippen LogP contribution in [0.15, 0.2) is 58.3 Å². The van der Waals surface area contributed by atoms with Gasteiger partial charge in [0.15, 0.2) is 0 Å². The van der Waals surface area contributed by atoms with Crippen molar-refractivity contribution in [3.05, 3.63) is 65.4 Å². The fourth-order valence-corrected chi connectivity index (χ4v) is 3.09. The number of amides is 1. The van der Waals surface area contributed by atoms with E-state index in [4.69, 9.17) is 14.9 Å². The van der Waals surface area contributed by atoms with Gasteiger partial charge in [0.1, 0.15) is 5.69 Å². The zero-order valence-corrected chi connectivity index (χ0v) is 16.4. The number of primary amides is 1. The fraction of sp³-hybridized carbons (Fsp3) is 0.150. The van der Waals surface area contributed by atoms with Crippen LogP contribution in [0.1, 0.15) is 28.4 Å². The van der Waals surface area contributed by atoms with E-state index in [9.17, 15) is 9.59 Å². The first-order chi connectivity index (χ1) is 14.0. The molecule has 3 aromatic rings. The lowest BCUT2D eigenvalue weighted by Crippen LogP contribution is -2.11. The first-order valence-corrected chi connectivity index (χ1v) is 9.70. The molecule has 9 heteroatoms. The van der Waals surface area contributed by atoms with Crippen molar-refractivity contribution in [2.75, 3.05) is 6.61 Å². The maximum atomic E-state index is 11.6. The number of hydrogen-bond acceptors (Lipinski definition) is 8. The summed E-state index contributed by atoms with van der Waals surface area (Å²) < 4.78 is 10.5. The molecule has 2 aromatic heterocycles. The summed E-state index contributed by atoms with van der Waals surface area (Å²) >= 11 is 1.31. The highest BCUT2D eigenvalue weighted by atomic mass is 32.2. The van der Waals surface area contributed by atoms with Crippen molar-refractivity contribution in [3.63, 3.8) is 0 Å². The number of aromatic nitrogens is 3. The highest BCUT2D eigenvalue weighted by Gasteiger charge is 2.11. The lowest BCUT2D eigenvalue weighted by atomic mass is 10.1. The Labute approximate surface area is 171 Å². The number of carbonyl (C=O) groups is 2. The van der Waals surface area contributed by atoms with Gasteiger partial charge >= 0.3 is 5.97 Å². The van der Waals surface area contributed by atoms with Crippen LogP contribution in [0.4, 0.5) is 0 Å². The molecule has 148 valence electrons. The second-order valence-corrected chi connectivity index (χ2v) is 6.72. The predicted octanol–water partition coefficient (Wildman–Crippen LogP) is 3.10. The van der Waals surface area contributed by atoms with Crippen LogP contribution in [0.5, 0.6) is 0 Å². The van der Waals surface area contributed by atoms with Crippen LogP contribution < -0.4 is 5.73 Å². The third-order valence-electron chi connectivity index (χ3n) is 3.65. The van der Waals surface area contributed by atoms with E-state index in [1.54, 1.807) is 43.5 Å². The van der Waals surface area contributed by atoms with Crippen molar-refractivity contribution in [1.29, 1.82) is 0 Å². The van der Waals surface area contributed by atoms with E-state index in [2.05, 4.69) is 15.2 Å². The standard InChI is InChI=1S/C20H18N4O4S/c1-2-27-17(25)7-6-13-9-14(11-15(10-13)18(21)26)12-29-20-24-23-19(28-20)16-5-3-4-8-22-16/h3-11H,2,12H2,1H3,(H2,21,26). The topological polar surface area (TPSA) is 121 Å². The highest BCUT2D eigenvalue weighted by Crippen LogP contribution is 2.26. The number of carbonyl (C=O) groups excluding carboxylic acids is 2. The summed E-state index contributed by atoms with van der Waals surface area (Å²) in [6.07, 6.45) is 4.52. The molecule has 0 aliphatic carbocycles. The second kappa shape index (κ2) is 9.65. The molecule has 0 aliphatic heterocycles. The molecule has 0 fully saturated rings. The molecule has 29 heavy (non-hydrogen) atoms. The molecule has 1 amide bonds. The van der Waals surface area contributed by atoms with Crippen LogP contribution in [0.3, 0.4) is 0 Å². The monoisotopic (exact) mass is 410 g/mol. The van der Waals surface area contributed by atoms with Crippen molar-refractivity contribution < 1.29 is 18.7 Å². The molecule has 0 aliphatic rings. The van der Waals surface area contributed by atoms with Crippen molar-refractivity contribution in [2.24, 2.45) is 5.73 Å². The highest BCUT2D eigenvalue weighted by molar-refractivity contribution is 7.98. The van der Waals surface area contributed by atoms with E-state index in [1.165, 1.54) is 17.8 Å². The molecule has 2 heterocycles. The number of nitrogens with two attached hydrogens (primary N) is 1. The molecule has 1 aromatic carbocycles. The molecule has 0 unspecified atom stereocenters. The SMILES string of the molecule is CCOC(=O)C=Cc1cc(CSc2nnc(-c3ccccn3)o2)cc(C(N)=O)c1. The molecular formula is C20H18N4O4S. The molecular weight excluding hydrogens is 392 g/mol. The Morgan fingerprint density at radius 2 is 2.10 bits per heavy atom. The van der Waals surface area contributed by atoms with Crippen LogP contribution in [0.2, 0.25) is 0 Å². The fourth-order valence-electron chi connectivity index (χ4n) is 2.40. The summed E-state index contributed by atoms with van der Waals surface area (Å²) in [4.78, 5) is 27.3. The summed E-state index contributed by atoms with van der Waals surface area (Å²) in [7, 11) is 0. The van der Waals surface area contributed by atoms with Crippen molar-refractivity contribution in [3.8, 4) is 11.6 Å². The number of pyridine rings is 1. The number of rotatable bonds is 8. The number of hydrogen-bond donors (Lipinski definition) is 1. The third-order valence-corrected chi connectivity index (χ3v) is 4.54. The summed E-state index contributed by atoms with van der Waals surface area (Å²) in [5.41, 5.74) is 7.82. The molecule has 0 saturated carbocycles. The minimum Gasteiger partial charge on any atom is -0.463 e. The van der Waals surface area contributed by atoms with E-state index >= 15 is 0 Å². The van der Waals surface area contributed by atoms with Gasteiger partial charge in [0, 0.05) is 23.6 Å². The minimum atomic E-state index is -0.558. The average Bonchev–Trinajstić information content (AvgIpc) is 3.21. The average molecular weight is 410 g/mol. The van der Waals surface area contributed by atoms with E-state index < -0.39 is 11.9 Å². The zero-order valence-electron chi connectivity index (χ0n) is 15.6. The number of thioether (sulfide) groups is 1. The molecule has 3 rings (SSSR count). The van der Waals surface area contributed by atoms with Crippen LogP contribution >= 0.6 is 11.8 Å². The van der Waals surface area contributed by atoms with Gasteiger partial charge < -0.3 is 14.9 Å². The summed E-state index contributed by atoms with van der Waals surface area (Å²) in [5, 5.41) is 8.37. The number of benzene rings is 1. The van der Waals surface area contributed by atoms with E-state index in [-0.39, 0.29) is 6.61 Å². The summed E-state index contributed by atoms with van der Waals surface area (Å²) in [6.45, 7) is 2.02. The number of ether oxygens (including phenoxy) is 1. The second-order valence-electron chi connectivity index (χ2n) is 5.79. The molecule has 0 spiro atoms. The Balaban J connectivity index is 1.74. The molecule has 0 saturated heterocycles. The first kappa shape index (κ1) is 20.3. The van der Waals surface area contributed by atoms with Gasteiger partial charge in [-0.05, 0) is 48.4 Å². The Bertz CT molecular complexity index is 1030. The van der Waals surface area contributed by atoms with Crippen LogP contribution in [0, 0.1) is 0 Å². The Morgan fingerprint density at radius 1 is 1.24 bits per heavy atom. The van der Waals surface area contributed by atoms with Crippen molar-refractivity contribution in [1.82, 2.24) is 15.2 Å². The van der Waals surface area contributed by atoms with Gasteiger partial charge in [-0.1, -0.05) is 23.9 Å². The predicted molar refractivity (Wildman–Crippen MR) is 108 cm³/mol. The Morgan fingerprint density at radius 3 is 2.83 bits per heavy atom. The molecule has 8 nitrogen and oxygen atoms in total. The largest absolute Gasteiger partial charge is 0.463 e.